The van der Waals surface area contributed by atoms with Gasteiger partial charge in [0, 0.05) is 0 Å². The Balaban J connectivity index is 1.72. The molecule has 0 radical (unpaired) electrons. The van der Waals surface area contributed by atoms with Crippen LogP contribution >= 0.6 is 0 Å². The molecule has 2 fully saturated rings. The van der Waals surface area contributed by atoms with Crippen LogP contribution in [0.1, 0.15) is 5.56 Å². The molecule has 3 rings (SSSR count). The molecule has 0 aromatic heterocycles. The van der Waals surface area contributed by atoms with Gasteiger partial charge in [-0.25, -0.2) is 4.79 Å². The van der Waals surface area contributed by atoms with Crippen molar-refractivity contribution in [3.63, 3.8) is 0 Å². The maximum absolute atomic E-state index is 12.4. The van der Waals surface area contributed by atoms with Gasteiger partial charge in [0.2, 0.25) is 5.79 Å². The number of aliphatic hydroxyl groups is 7. The second-order valence-electron chi connectivity index (χ2n) is 7.35. The monoisotopic (exact) mass is 446 g/mol. The Hall–Kier alpha value is -1.71. The molecule has 2 aliphatic heterocycles. The number of aliphatic hydroxyl groups excluding tert-OH is 7. The summed E-state index contributed by atoms with van der Waals surface area (Å²) in [5.41, 5.74) is 0.653. The van der Waals surface area contributed by atoms with Crippen LogP contribution in [0.25, 0.3) is 0 Å². The van der Waals surface area contributed by atoms with E-state index in [0.29, 0.717) is 5.56 Å². The van der Waals surface area contributed by atoms with Gasteiger partial charge in [-0.15, -0.1) is 0 Å². The summed E-state index contributed by atoms with van der Waals surface area (Å²) in [6, 6.07) is 8.63. The molecule has 0 amide bonds. The van der Waals surface area contributed by atoms with Gasteiger partial charge < -0.3 is 54.7 Å². The SMILES string of the molecule is O=C(OCc1ccccc1)C1OC(O[C@]2(CO)OC(CO)C(O)C2O)C(O)C(O)C1O. The molecule has 174 valence electrons. The Labute approximate surface area is 176 Å². The van der Waals surface area contributed by atoms with Crippen molar-refractivity contribution in [1.82, 2.24) is 0 Å². The van der Waals surface area contributed by atoms with E-state index in [9.17, 15) is 40.5 Å². The summed E-state index contributed by atoms with van der Waals surface area (Å²) < 4.78 is 20.9. The molecule has 0 aliphatic carbocycles. The minimum absolute atomic E-state index is 0.150. The molecule has 1 aromatic carbocycles. The minimum Gasteiger partial charge on any atom is -0.459 e. The second-order valence-corrected chi connectivity index (χ2v) is 7.35. The summed E-state index contributed by atoms with van der Waals surface area (Å²) in [6.07, 6.45) is -14.2. The summed E-state index contributed by atoms with van der Waals surface area (Å²) in [5, 5.41) is 69.6. The lowest BCUT2D eigenvalue weighted by molar-refractivity contribution is -0.379. The van der Waals surface area contributed by atoms with Crippen molar-refractivity contribution in [2.24, 2.45) is 0 Å². The van der Waals surface area contributed by atoms with Gasteiger partial charge in [0.1, 0.15) is 49.8 Å². The molecule has 0 bridgehead atoms. The Bertz CT molecular complexity index is 732. The van der Waals surface area contributed by atoms with Crippen LogP contribution in [-0.2, 0) is 30.3 Å². The van der Waals surface area contributed by atoms with Gasteiger partial charge in [0.15, 0.2) is 12.4 Å². The van der Waals surface area contributed by atoms with Crippen molar-refractivity contribution in [2.75, 3.05) is 13.2 Å². The lowest BCUT2D eigenvalue weighted by Crippen LogP contribution is -2.63. The summed E-state index contributed by atoms with van der Waals surface area (Å²) in [4.78, 5) is 12.4. The standard InChI is InChI=1S/C19H26O12/c20-6-10-11(22)16(26)19(8-21,30-10)31-18-14(25)12(23)13(24)15(29-18)17(27)28-7-9-4-2-1-3-5-9/h1-5,10-16,18,20-26H,6-8H2/t10?,11?,12?,13?,14?,15?,16?,18?,19-/m0/s1. The zero-order chi connectivity index (χ0) is 22.8. The van der Waals surface area contributed by atoms with Crippen LogP contribution in [-0.4, -0.2) is 110 Å². The van der Waals surface area contributed by atoms with Crippen molar-refractivity contribution in [3.8, 4) is 0 Å². The lowest BCUT2D eigenvalue weighted by atomic mass is 9.98. The Morgan fingerprint density at radius 1 is 0.968 bits per heavy atom. The fourth-order valence-electron chi connectivity index (χ4n) is 3.42. The summed E-state index contributed by atoms with van der Waals surface area (Å²) in [7, 11) is 0. The van der Waals surface area contributed by atoms with Gasteiger partial charge in [-0.3, -0.25) is 0 Å². The number of rotatable bonds is 7. The van der Waals surface area contributed by atoms with Crippen molar-refractivity contribution in [2.45, 2.75) is 61.4 Å². The maximum atomic E-state index is 12.4. The Morgan fingerprint density at radius 3 is 2.23 bits per heavy atom. The third-order valence-corrected chi connectivity index (χ3v) is 5.25. The first-order chi connectivity index (χ1) is 14.7. The minimum atomic E-state index is -2.33. The first-order valence-corrected chi connectivity index (χ1v) is 9.57. The van der Waals surface area contributed by atoms with Gasteiger partial charge in [0.25, 0.3) is 0 Å². The van der Waals surface area contributed by atoms with Crippen LogP contribution in [0.4, 0.5) is 0 Å². The fraction of sp³-hybridized carbons (Fsp3) is 0.632. The number of carbonyl (C=O) groups excluding carboxylic acids is 1. The normalized spacial score (nSPS) is 40.6. The average molecular weight is 446 g/mol. The van der Waals surface area contributed by atoms with Crippen LogP contribution in [0.2, 0.25) is 0 Å². The molecular formula is C19H26O12. The topological polar surface area (TPSA) is 196 Å². The number of carbonyl (C=O) groups is 1. The van der Waals surface area contributed by atoms with E-state index in [1.54, 1.807) is 30.3 Å². The molecule has 0 saturated carbocycles. The summed E-state index contributed by atoms with van der Waals surface area (Å²) in [6.45, 7) is -1.90. The van der Waals surface area contributed by atoms with Gasteiger partial charge in [-0.1, -0.05) is 30.3 Å². The highest BCUT2D eigenvalue weighted by Gasteiger charge is 2.59. The molecule has 8 unspecified atom stereocenters. The van der Waals surface area contributed by atoms with Gasteiger partial charge in [-0.2, -0.15) is 0 Å². The quantitative estimate of drug-likeness (QED) is 0.203. The Morgan fingerprint density at radius 2 is 1.65 bits per heavy atom. The molecule has 1 aromatic rings. The van der Waals surface area contributed by atoms with E-state index in [1.165, 1.54) is 0 Å². The number of ether oxygens (including phenoxy) is 4. The smallest absolute Gasteiger partial charge is 0.338 e. The van der Waals surface area contributed by atoms with E-state index in [2.05, 4.69) is 0 Å². The zero-order valence-corrected chi connectivity index (χ0v) is 16.3. The molecule has 7 N–H and O–H groups in total. The molecule has 31 heavy (non-hydrogen) atoms. The van der Waals surface area contributed by atoms with Gasteiger partial charge in [-0.05, 0) is 5.56 Å². The highest BCUT2D eigenvalue weighted by Crippen LogP contribution is 2.36. The van der Waals surface area contributed by atoms with E-state index in [1.807, 2.05) is 0 Å². The van der Waals surface area contributed by atoms with E-state index in [0.717, 1.165) is 0 Å². The largest absolute Gasteiger partial charge is 0.459 e. The van der Waals surface area contributed by atoms with Gasteiger partial charge in [0.05, 0.1) is 6.61 Å². The first kappa shape index (κ1) is 23.9. The molecular weight excluding hydrogens is 420 g/mol. The Kier molecular flexibility index (Phi) is 7.59. The van der Waals surface area contributed by atoms with Crippen LogP contribution in [0, 0.1) is 0 Å². The maximum Gasteiger partial charge on any atom is 0.338 e. The molecule has 2 saturated heterocycles. The second kappa shape index (κ2) is 9.83. The first-order valence-electron chi connectivity index (χ1n) is 9.57. The third kappa shape index (κ3) is 4.73. The zero-order valence-electron chi connectivity index (χ0n) is 16.3. The van der Waals surface area contributed by atoms with Gasteiger partial charge >= 0.3 is 5.97 Å². The lowest BCUT2D eigenvalue weighted by Gasteiger charge is -2.42. The van der Waals surface area contributed by atoms with Crippen molar-refractivity contribution < 1.29 is 59.5 Å². The third-order valence-electron chi connectivity index (χ3n) is 5.25. The predicted molar refractivity (Wildman–Crippen MR) is 97.8 cm³/mol. The van der Waals surface area contributed by atoms with E-state index in [-0.39, 0.29) is 6.61 Å². The van der Waals surface area contributed by atoms with Crippen molar-refractivity contribution in [3.05, 3.63) is 35.9 Å². The predicted octanol–water partition coefficient (Wildman–Crippen LogP) is -3.64. The molecule has 12 nitrogen and oxygen atoms in total. The van der Waals surface area contributed by atoms with Crippen molar-refractivity contribution >= 4 is 5.97 Å². The van der Waals surface area contributed by atoms with E-state index in [4.69, 9.17) is 18.9 Å². The van der Waals surface area contributed by atoms with E-state index < -0.39 is 74.0 Å². The highest BCUT2D eigenvalue weighted by atomic mass is 16.8. The van der Waals surface area contributed by atoms with Crippen LogP contribution in [0.5, 0.6) is 0 Å². The fourth-order valence-corrected chi connectivity index (χ4v) is 3.42. The number of esters is 1. The molecule has 12 heteroatoms. The van der Waals surface area contributed by atoms with Crippen LogP contribution in [0.15, 0.2) is 30.3 Å². The molecule has 2 aliphatic rings. The number of benzene rings is 1. The van der Waals surface area contributed by atoms with Crippen molar-refractivity contribution in [1.29, 1.82) is 0 Å². The number of hydrogen-bond donors (Lipinski definition) is 7. The molecule has 2 heterocycles. The average Bonchev–Trinajstić information content (AvgIpc) is 3.03. The van der Waals surface area contributed by atoms with Crippen LogP contribution < -0.4 is 0 Å². The van der Waals surface area contributed by atoms with Crippen LogP contribution in [0.3, 0.4) is 0 Å². The summed E-state index contributed by atoms with van der Waals surface area (Å²) >= 11 is 0. The number of hydrogen-bond acceptors (Lipinski definition) is 12. The highest BCUT2D eigenvalue weighted by molar-refractivity contribution is 5.75. The molecule has 9 atom stereocenters. The molecule has 0 spiro atoms. The van der Waals surface area contributed by atoms with E-state index >= 15 is 0 Å². The summed E-state index contributed by atoms with van der Waals surface area (Å²) in [5.74, 6) is -3.39.